The molecule has 17 heteroatoms. The minimum absolute atomic E-state index is 0.0199. The molecule has 5 heterocycles. The molecule has 2 aliphatic rings. The van der Waals surface area contributed by atoms with Gasteiger partial charge in [0.2, 0.25) is 11.8 Å². The molecular weight excluding hydrogens is 720 g/mol. The van der Waals surface area contributed by atoms with Crippen LogP contribution in [0.1, 0.15) is 57.9 Å². The second kappa shape index (κ2) is 15.8. The van der Waals surface area contributed by atoms with Crippen molar-refractivity contribution in [3.05, 3.63) is 60.3 Å². The topological polar surface area (TPSA) is 141 Å². The fourth-order valence-corrected chi connectivity index (χ4v) is 8.04. The van der Waals surface area contributed by atoms with Crippen molar-refractivity contribution in [3.63, 3.8) is 0 Å². The van der Waals surface area contributed by atoms with Crippen LogP contribution in [0, 0.1) is 5.41 Å². The average molecular weight is 762 g/mol. The van der Waals surface area contributed by atoms with E-state index in [0.29, 0.717) is 36.3 Å². The largest absolute Gasteiger partial charge is 0.476 e. The first-order chi connectivity index (χ1) is 24.8. The first-order valence-electron chi connectivity index (χ1n) is 17.3. The van der Waals surface area contributed by atoms with Crippen LogP contribution in [0.5, 0.6) is 5.88 Å². The average Bonchev–Trinajstić information content (AvgIpc) is 3.75. The Morgan fingerprint density at radius 1 is 1.04 bits per heavy atom. The number of pyridine rings is 1. The third-order valence-corrected chi connectivity index (χ3v) is 11.4. The van der Waals surface area contributed by atoms with Gasteiger partial charge in [0.1, 0.15) is 23.1 Å². The van der Waals surface area contributed by atoms with Crippen molar-refractivity contribution in [2.24, 2.45) is 5.41 Å². The van der Waals surface area contributed by atoms with Crippen LogP contribution in [0.4, 0.5) is 24.1 Å². The Labute approximate surface area is 304 Å². The van der Waals surface area contributed by atoms with Gasteiger partial charge in [-0.15, -0.1) is 5.10 Å². The Hall–Kier alpha value is -4.22. The summed E-state index contributed by atoms with van der Waals surface area (Å²) in [5.41, 5.74) is 0.137. The highest BCUT2D eigenvalue weighted by atomic mass is 32.2. The molecule has 1 fully saturated rings. The number of nitrogens with one attached hydrogen (secondary N) is 2. The van der Waals surface area contributed by atoms with Gasteiger partial charge in [-0.3, -0.25) is 9.52 Å². The molecule has 3 aromatic heterocycles. The van der Waals surface area contributed by atoms with E-state index in [1.807, 2.05) is 29.2 Å². The Balaban J connectivity index is 1.31. The summed E-state index contributed by atoms with van der Waals surface area (Å²) in [5.74, 6) is 0.176. The van der Waals surface area contributed by atoms with Crippen molar-refractivity contribution in [3.8, 4) is 22.1 Å². The Morgan fingerprint density at radius 2 is 1.81 bits per heavy atom. The van der Waals surface area contributed by atoms with Gasteiger partial charge in [-0.2, -0.15) is 21.6 Å². The number of nitrogens with zero attached hydrogens (tertiary/aromatic N) is 5. The summed E-state index contributed by atoms with van der Waals surface area (Å²) in [6.45, 7) is 3.20. The molecule has 1 saturated heterocycles. The number of hydrogen-bond acceptors (Lipinski definition) is 10. The molecule has 0 atom stereocenters. The highest BCUT2D eigenvalue weighted by Gasteiger charge is 2.48. The van der Waals surface area contributed by atoms with Crippen LogP contribution in [0.15, 0.2) is 59.8 Å². The van der Waals surface area contributed by atoms with E-state index < -0.39 is 28.2 Å². The van der Waals surface area contributed by atoms with Crippen molar-refractivity contribution in [1.29, 1.82) is 0 Å². The number of carbonyl (C=O) groups excluding carboxylic acids is 1. The van der Waals surface area contributed by atoms with Crippen molar-refractivity contribution >= 4 is 38.2 Å². The van der Waals surface area contributed by atoms with Gasteiger partial charge in [0.25, 0.3) is 10.0 Å². The van der Waals surface area contributed by atoms with Gasteiger partial charge in [-0.05, 0) is 63.6 Å². The summed E-state index contributed by atoms with van der Waals surface area (Å²) in [6.07, 6.45) is 2.72. The highest BCUT2D eigenvalue weighted by Crippen LogP contribution is 2.39. The quantitative estimate of drug-likeness (QED) is 0.220. The van der Waals surface area contributed by atoms with Gasteiger partial charge in [0, 0.05) is 43.6 Å². The Bertz CT molecular complexity index is 1960. The van der Waals surface area contributed by atoms with Gasteiger partial charge in [0.05, 0.1) is 12.0 Å². The molecule has 52 heavy (non-hydrogen) atoms. The molecule has 0 unspecified atom stereocenters. The zero-order valence-electron chi connectivity index (χ0n) is 29.0. The number of aromatic nitrogens is 4. The number of sulfonamides is 1. The first-order valence-corrected chi connectivity index (χ1v) is 19.6. The number of ether oxygens (including phenoxy) is 2. The summed E-state index contributed by atoms with van der Waals surface area (Å²) >= 11 is 1.02. The maximum absolute atomic E-state index is 13.8. The number of fused-ring (bicyclic) bond motifs is 6. The number of rotatable bonds is 7. The summed E-state index contributed by atoms with van der Waals surface area (Å²) in [6, 6.07) is 13.9. The molecule has 1 aromatic carbocycles. The SMILES string of the molecule is CC(C)(COc1ccn(-c2sc3nc2-c2ccccc2CCCCCCN(CC(=O)NC2CCOCC2)c2cccc(n2)S(=O)(=O)N3)n1)C(F)(F)F. The third kappa shape index (κ3) is 9.04. The van der Waals surface area contributed by atoms with E-state index in [1.165, 1.54) is 23.0 Å². The molecule has 0 saturated carbocycles. The number of carbonyl (C=O) groups is 1. The molecule has 2 N–H and O–H groups in total. The molecule has 12 nitrogen and oxygen atoms in total. The number of aryl methyl sites for hydroxylation is 1. The highest BCUT2D eigenvalue weighted by molar-refractivity contribution is 7.92. The van der Waals surface area contributed by atoms with Crippen LogP contribution in [-0.2, 0) is 26.0 Å². The second-order valence-corrected chi connectivity index (χ2v) is 16.2. The lowest BCUT2D eigenvalue weighted by Crippen LogP contribution is -2.44. The van der Waals surface area contributed by atoms with Gasteiger partial charge in [-0.1, -0.05) is 54.5 Å². The first kappa shape index (κ1) is 37.5. The fourth-order valence-electron chi connectivity index (χ4n) is 5.92. The zero-order valence-corrected chi connectivity index (χ0v) is 30.6. The summed E-state index contributed by atoms with van der Waals surface area (Å²) < 4.78 is 82.9. The number of anilines is 2. The van der Waals surface area contributed by atoms with Gasteiger partial charge >= 0.3 is 6.18 Å². The Kier molecular flexibility index (Phi) is 11.4. The maximum Gasteiger partial charge on any atom is 0.397 e. The number of amides is 1. The molecule has 4 aromatic rings. The summed E-state index contributed by atoms with van der Waals surface area (Å²) in [7, 11) is -4.26. The van der Waals surface area contributed by atoms with Crippen LogP contribution >= 0.6 is 11.3 Å². The zero-order chi connectivity index (χ0) is 36.9. The van der Waals surface area contributed by atoms with Gasteiger partial charge in [-0.25, -0.2) is 14.6 Å². The molecule has 1 amide bonds. The number of thiazole rings is 1. The Morgan fingerprint density at radius 3 is 2.60 bits per heavy atom. The van der Waals surface area contributed by atoms with E-state index in [1.54, 1.807) is 12.1 Å². The standard InChI is InChI=1S/C35H42F3N7O5S2/c1-34(2,35(36,37)38)23-50-29-15-19-45(42-29)32-31-26-12-7-6-11-24(26)10-5-3-4-8-18-44(22-28(46)39-25-16-20-49-21-17-25)27-13-9-14-30(40-27)52(47,48)43-33(41-31)51-32/h6-7,9,11-15,19,25H,3-5,8,10,16-18,20-23H2,1-2H3,(H,39,46)(H,41,43). The van der Waals surface area contributed by atoms with Crippen LogP contribution < -0.4 is 19.7 Å². The molecule has 280 valence electrons. The number of halogens is 3. The number of hydrogen-bond donors (Lipinski definition) is 2. The second-order valence-electron chi connectivity index (χ2n) is 13.6. The van der Waals surface area contributed by atoms with Crippen LogP contribution in [-0.4, -0.2) is 79.2 Å². The van der Waals surface area contributed by atoms with E-state index in [0.717, 1.165) is 81.3 Å². The lowest BCUT2D eigenvalue weighted by atomic mass is 9.94. The van der Waals surface area contributed by atoms with Crippen molar-refractivity contribution in [2.75, 3.05) is 42.5 Å². The van der Waals surface area contributed by atoms with Crippen LogP contribution in [0.25, 0.3) is 16.3 Å². The normalized spacial score (nSPS) is 17.4. The lowest BCUT2D eigenvalue weighted by Gasteiger charge is -2.27. The van der Waals surface area contributed by atoms with Crippen molar-refractivity contribution < 1.29 is 35.9 Å². The minimum atomic E-state index is -4.47. The molecule has 0 aliphatic carbocycles. The van der Waals surface area contributed by atoms with Gasteiger partial charge in [0.15, 0.2) is 10.2 Å². The molecule has 4 bridgehead atoms. The van der Waals surface area contributed by atoms with Gasteiger partial charge < -0.3 is 19.7 Å². The van der Waals surface area contributed by atoms with E-state index in [9.17, 15) is 26.4 Å². The van der Waals surface area contributed by atoms with Crippen LogP contribution in [0.2, 0.25) is 0 Å². The molecule has 0 radical (unpaired) electrons. The summed E-state index contributed by atoms with van der Waals surface area (Å²) in [4.78, 5) is 24.2. The molecule has 6 rings (SSSR count). The van der Waals surface area contributed by atoms with E-state index in [-0.39, 0.29) is 34.5 Å². The van der Waals surface area contributed by atoms with Crippen LogP contribution in [0.3, 0.4) is 0 Å². The predicted octanol–water partition coefficient (Wildman–Crippen LogP) is 6.38. The lowest BCUT2D eigenvalue weighted by molar-refractivity contribution is -0.219. The number of alkyl halides is 3. The molecule has 0 spiro atoms. The summed E-state index contributed by atoms with van der Waals surface area (Å²) in [5, 5.41) is 7.71. The monoisotopic (exact) mass is 761 g/mol. The maximum atomic E-state index is 13.8. The van der Waals surface area contributed by atoms with E-state index in [4.69, 9.17) is 14.5 Å². The minimum Gasteiger partial charge on any atom is -0.476 e. The fraction of sp³-hybridized carbons (Fsp3) is 0.486. The van der Waals surface area contributed by atoms with Crippen molar-refractivity contribution in [2.45, 2.75) is 76.0 Å². The molecule has 2 aliphatic heterocycles. The van der Waals surface area contributed by atoms with Crippen molar-refractivity contribution in [1.82, 2.24) is 25.1 Å². The predicted molar refractivity (Wildman–Crippen MR) is 191 cm³/mol. The van der Waals surface area contributed by atoms with E-state index >= 15 is 0 Å². The number of benzene rings is 1. The molecular formula is C35H42F3N7O5S2. The smallest absolute Gasteiger partial charge is 0.397 e. The van der Waals surface area contributed by atoms with E-state index in [2.05, 4.69) is 20.1 Å². The third-order valence-electron chi connectivity index (χ3n) is 9.08.